The van der Waals surface area contributed by atoms with E-state index >= 15 is 0 Å². The molecule has 1 saturated heterocycles. The highest BCUT2D eigenvalue weighted by atomic mass is 19.1. The first-order chi connectivity index (χ1) is 10.5. The van der Waals surface area contributed by atoms with Gasteiger partial charge >= 0.3 is 0 Å². The molecule has 0 aromatic heterocycles. The van der Waals surface area contributed by atoms with Gasteiger partial charge < -0.3 is 10.6 Å². The van der Waals surface area contributed by atoms with Crippen LogP contribution < -0.4 is 5.73 Å². The van der Waals surface area contributed by atoms with Gasteiger partial charge in [0.15, 0.2) is 0 Å². The Balaban J connectivity index is 1.66. The molecule has 3 rings (SSSR count). The summed E-state index contributed by atoms with van der Waals surface area (Å²) in [6.07, 6.45) is 2.62. The van der Waals surface area contributed by atoms with Crippen LogP contribution in [-0.4, -0.2) is 29.9 Å². The lowest BCUT2D eigenvalue weighted by Crippen LogP contribution is -2.45. The third-order valence-electron chi connectivity index (χ3n) is 4.98. The minimum Gasteiger partial charge on any atom is -0.342 e. The van der Waals surface area contributed by atoms with Crippen LogP contribution in [0.3, 0.4) is 0 Å². The van der Waals surface area contributed by atoms with E-state index < -0.39 is 11.6 Å². The molecule has 5 heteroatoms. The molecule has 1 heterocycles. The Morgan fingerprint density at radius 2 is 2.18 bits per heavy atom. The predicted molar refractivity (Wildman–Crippen MR) is 80.2 cm³/mol. The Morgan fingerprint density at radius 1 is 1.41 bits per heavy atom. The van der Waals surface area contributed by atoms with Gasteiger partial charge in [0.1, 0.15) is 11.6 Å². The Bertz CT molecular complexity index is 576. The molecule has 1 aliphatic carbocycles. The van der Waals surface area contributed by atoms with Crippen LogP contribution in [0, 0.1) is 23.5 Å². The number of hydrogen-bond acceptors (Lipinski definition) is 2. The smallest absolute Gasteiger partial charge is 0.226 e. The number of piperidine rings is 1. The molecule has 1 aromatic rings. The molecule has 1 amide bonds. The summed E-state index contributed by atoms with van der Waals surface area (Å²) in [4.78, 5) is 14.4. The second kappa shape index (κ2) is 5.95. The van der Waals surface area contributed by atoms with E-state index in [1.54, 1.807) is 0 Å². The van der Waals surface area contributed by atoms with Crippen molar-refractivity contribution in [3.63, 3.8) is 0 Å². The molecule has 0 bridgehead atoms. The molecule has 1 saturated carbocycles. The lowest BCUT2D eigenvalue weighted by Gasteiger charge is -2.34. The quantitative estimate of drug-likeness (QED) is 0.933. The van der Waals surface area contributed by atoms with Crippen LogP contribution in [0.5, 0.6) is 0 Å². The molecular weight excluding hydrogens is 286 g/mol. The molecular formula is C17H22F2N2O. The Kier molecular flexibility index (Phi) is 4.17. The molecule has 0 spiro atoms. The number of amides is 1. The monoisotopic (exact) mass is 308 g/mol. The second-order valence-corrected chi connectivity index (χ2v) is 6.66. The first-order valence-corrected chi connectivity index (χ1v) is 7.96. The van der Waals surface area contributed by atoms with Crippen molar-refractivity contribution in [2.24, 2.45) is 17.6 Å². The number of halogens is 2. The van der Waals surface area contributed by atoms with Gasteiger partial charge in [-0.15, -0.1) is 0 Å². The van der Waals surface area contributed by atoms with Gasteiger partial charge in [-0.05, 0) is 61.8 Å². The number of carbonyl (C=O) groups is 1. The maximum absolute atomic E-state index is 13.8. The zero-order valence-corrected chi connectivity index (χ0v) is 12.8. The van der Waals surface area contributed by atoms with Crippen LogP contribution in [0.4, 0.5) is 8.78 Å². The molecule has 2 fully saturated rings. The summed E-state index contributed by atoms with van der Waals surface area (Å²) in [6, 6.07) is 3.54. The average Bonchev–Trinajstić information content (AvgIpc) is 3.29. The van der Waals surface area contributed by atoms with Crippen molar-refractivity contribution in [2.45, 2.75) is 38.1 Å². The summed E-state index contributed by atoms with van der Waals surface area (Å²) in [5, 5.41) is 0. The van der Waals surface area contributed by atoms with E-state index in [0.717, 1.165) is 31.5 Å². The van der Waals surface area contributed by atoms with Crippen molar-refractivity contribution < 1.29 is 13.6 Å². The molecule has 2 N–H and O–H groups in total. The topological polar surface area (TPSA) is 46.3 Å². The van der Waals surface area contributed by atoms with E-state index in [1.165, 1.54) is 6.07 Å². The normalized spacial score (nSPS) is 29.3. The molecule has 22 heavy (non-hydrogen) atoms. The van der Waals surface area contributed by atoms with Crippen molar-refractivity contribution in [2.75, 3.05) is 13.1 Å². The minimum atomic E-state index is -0.454. The van der Waals surface area contributed by atoms with Gasteiger partial charge in [-0.3, -0.25) is 4.79 Å². The fraction of sp³-hybridized carbons (Fsp3) is 0.588. The van der Waals surface area contributed by atoms with Crippen LogP contribution in [-0.2, 0) is 4.79 Å². The Labute approximate surface area is 129 Å². The molecule has 0 radical (unpaired) electrons. The van der Waals surface area contributed by atoms with E-state index in [1.807, 2.05) is 11.8 Å². The van der Waals surface area contributed by atoms with E-state index in [4.69, 9.17) is 5.73 Å². The number of nitrogens with zero attached hydrogens (tertiary/aromatic N) is 1. The van der Waals surface area contributed by atoms with Crippen LogP contribution in [0.2, 0.25) is 0 Å². The van der Waals surface area contributed by atoms with Gasteiger partial charge in [0.2, 0.25) is 5.91 Å². The van der Waals surface area contributed by atoms with E-state index in [9.17, 15) is 13.6 Å². The van der Waals surface area contributed by atoms with Crippen LogP contribution in [0.15, 0.2) is 18.2 Å². The number of carbonyl (C=O) groups excluding carboxylic acids is 1. The maximum atomic E-state index is 13.8. The minimum absolute atomic E-state index is 0.0685. The molecule has 120 valence electrons. The van der Waals surface area contributed by atoms with Crippen molar-refractivity contribution in [1.82, 2.24) is 4.90 Å². The van der Waals surface area contributed by atoms with Crippen molar-refractivity contribution >= 4 is 5.91 Å². The highest BCUT2D eigenvalue weighted by molar-refractivity contribution is 5.83. The summed E-state index contributed by atoms with van der Waals surface area (Å²) >= 11 is 0. The van der Waals surface area contributed by atoms with Gasteiger partial charge in [-0.2, -0.15) is 0 Å². The first-order valence-electron chi connectivity index (χ1n) is 7.96. The van der Waals surface area contributed by atoms with Crippen molar-refractivity contribution in [3.8, 4) is 0 Å². The largest absolute Gasteiger partial charge is 0.342 e. The molecule has 1 aromatic carbocycles. The Hall–Kier alpha value is -1.49. The first kappa shape index (κ1) is 15.4. The van der Waals surface area contributed by atoms with E-state index in [2.05, 4.69) is 0 Å². The second-order valence-electron chi connectivity index (χ2n) is 6.66. The number of likely N-dealkylation sites (tertiary alicyclic amines) is 1. The van der Waals surface area contributed by atoms with Gasteiger partial charge in [0.05, 0.1) is 0 Å². The lowest BCUT2D eigenvalue weighted by molar-refractivity contribution is -0.134. The molecule has 1 aliphatic heterocycles. The number of hydrogen-bond donors (Lipinski definition) is 1. The van der Waals surface area contributed by atoms with Crippen LogP contribution in [0.1, 0.15) is 37.7 Å². The molecule has 3 nitrogen and oxygen atoms in total. The van der Waals surface area contributed by atoms with Gasteiger partial charge in [0, 0.05) is 25.0 Å². The fourth-order valence-electron chi connectivity index (χ4n) is 3.48. The highest BCUT2D eigenvalue weighted by Gasteiger charge is 2.47. The SMILES string of the molecule is C[C@H](N)[C@@H]1CCCN(C(=O)[C@H]2C[C@H]2c2cc(F)ccc2F)C1. The third-order valence-corrected chi connectivity index (χ3v) is 4.98. The molecule has 4 atom stereocenters. The molecule has 2 aliphatic rings. The lowest BCUT2D eigenvalue weighted by atomic mass is 9.92. The number of nitrogens with two attached hydrogens (primary N) is 1. The number of benzene rings is 1. The van der Waals surface area contributed by atoms with Gasteiger partial charge in [0.25, 0.3) is 0 Å². The predicted octanol–water partition coefficient (Wildman–Crippen LogP) is 2.65. The highest BCUT2D eigenvalue weighted by Crippen LogP contribution is 2.49. The zero-order chi connectivity index (χ0) is 15.9. The molecule has 0 unspecified atom stereocenters. The Morgan fingerprint density at radius 3 is 2.91 bits per heavy atom. The van der Waals surface area contributed by atoms with E-state index in [-0.39, 0.29) is 23.8 Å². The summed E-state index contributed by atoms with van der Waals surface area (Å²) in [7, 11) is 0. The number of rotatable bonds is 3. The van der Waals surface area contributed by atoms with Crippen LogP contribution >= 0.6 is 0 Å². The maximum Gasteiger partial charge on any atom is 0.226 e. The van der Waals surface area contributed by atoms with Crippen molar-refractivity contribution in [3.05, 3.63) is 35.4 Å². The average molecular weight is 308 g/mol. The third kappa shape index (κ3) is 3.00. The fourth-order valence-corrected chi connectivity index (χ4v) is 3.48. The standard InChI is InChI=1S/C17H22F2N2O/c1-10(20)11-3-2-6-21(9-11)17(22)15-8-13(15)14-7-12(18)4-5-16(14)19/h4-5,7,10-11,13,15H,2-3,6,8-9,20H2,1H3/t10-,11+,13-,15-/m0/s1. The summed E-state index contributed by atoms with van der Waals surface area (Å²) in [6.45, 7) is 3.41. The summed E-state index contributed by atoms with van der Waals surface area (Å²) in [5.41, 5.74) is 6.28. The van der Waals surface area contributed by atoms with Crippen LogP contribution in [0.25, 0.3) is 0 Å². The van der Waals surface area contributed by atoms with Gasteiger partial charge in [-0.1, -0.05) is 0 Å². The summed E-state index contributed by atoms with van der Waals surface area (Å²) in [5.74, 6) is -0.861. The summed E-state index contributed by atoms with van der Waals surface area (Å²) < 4.78 is 27.1. The van der Waals surface area contributed by atoms with Gasteiger partial charge in [-0.25, -0.2) is 8.78 Å². The van der Waals surface area contributed by atoms with Crippen molar-refractivity contribution in [1.29, 1.82) is 0 Å². The zero-order valence-electron chi connectivity index (χ0n) is 12.8. The van der Waals surface area contributed by atoms with E-state index in [0.29, 0.717) is 24.4 Å².